The van der Waals surface area contributed by atoms with Gasteiger partial charge in [0, 0.05) is 13.1 Å². The van der Waals surface area contributed by atoms with Crippen molar-refractivity contribution in [2.45, 2.75) is 12.8 Å². The van der Waals surface area contributed by atoms with Gasteiger partial charge in [-0.2, -0.15) is 0 Å². The Morgan fingerprint density at radius 3 is 2.08 bits per heavy atom. The lowest BCUT2D eigenvalue weighted by atomic mass is 10.1. The van der Waals surface area contributed by atoms with Crippen molar-refractivity contribution in [3.8, 4) is 5.75 Å². The molecule has 2 rings (SSSR count). The molecule has 0 radical (unpaired) electrons. The first-order chi connectivity index (χ1) is 11.7. The van der Waals surface area contributed by atoms with Crippen molar-refractivity contribution in [1.29, 1.82) is 0 Å². The fourth-order valence-electron chi connectivity index (χ4n) is 2.35. The van der Waals surface area contributed by atoms with Crippen LogP contribution >= 0.6 is 0 Å². The van der Waals surface area contributed by atoms with Gasteiger partial charge in [0.1, 0.15) is 5.75 Å². The molecule has 0 saturated heterocycles. The van der Waals surface area contributed by atoms with Crippen LogP contribution in [0.1, 0.15) is 11.1 Å². The van der Waals surface area contributed by atoms with Gasteiger partial charge in [-0.25, -0.2) is 0 Å². The summed E-state index contributed by atoms with van der Waals surface area (Å²) in [6.07, 6.45) is 1.30. The van der Waals surface area contributed by atoms with E-state index >= 15 is 0 Å². The van der Waals surface area contributed by atoms with E-state index in [1.807, 2.05) is 54.6 Å². The quantitative estimate of drug-likeness (QED) is 0.761. The lowest BCUT2D eigenvalue weighted by Gasteiger charge is -2.09. The molecule has 0 atom stereocenters. The molecule has 0 heterocycles. The number of hydrogen-bond acceptors (Lipinski definition) is 3. The van der Waals surface area contributed by atoms with Crippen molar-refractivity contribution in [1.82, 2.24) is 10.6 Å². The van der Waals surface area contributed by atoms with E-state index < -0.39 is 11.8 Å². The highest BCUT2D eigenvalue weighted by Gasteiger charge is 2.12. The predicted octanol–water partition coefficient (Wildman–Crippen LogP) is 1.71. The number of carbonyl (C=O) groups excluding carboxylic acids is 2. The van der Waals surface area contributed by atoms with Gasteiger partial charge >= 0.3 is 11.8 Å². The molecule has 2 amide bonds. The van der Waals surface area contributed by atoms with Crippen molar-refractivity contribution in [2.24, 2.45) is 0 Å². The summed E-state index contributed by atoms with van der Waals surface area (Å²) in [6.45, 7) is 0.814. The van der Waals surface area contributed by atoms with Gasteiger partial charge in [-0.05, 0) is 30.0 Å². The largest absolute Gasteiger partial charge is 0.496 e. The third-order valence-electron chi connectivity index (χ3n) is 3.62. The minimum Gasteiger partial charge on any atom is -0.496 e. The molecule has 0 aliphatic carbocycles. The predicted molar refractivity (Wildman–Crippen MR) is 92.9 cm³/mol. The summed E-state index contributed by atoms with van der Waals surface area (Å²) >= 11 is 0. The van der Waals surface area contributed by atoms with Crippen LogP contribution in [0.25, 0.3) is 0 Å². The number of para-hydroxylation sites is 1. The van der Waals surface area contributed by atoms with E-state index in [9.17, 15) is 9.59 Å². The number of rotatable bonds is 7. The summed E-state index contributed by atoms with van der Waals surface area (Å²) in [7, 11) is 1.61. The van der Waals surface area contributed by atoms with Crippen molar-refractivity contribution in [3.05, 3.63) is 65.7 Å². The first kappa shape index (κ1) is 17.5. The maximum Gasteiger partial charge on any atom is 0.309 e. The smallest absolute Gasteiger partial charge is 0.309 e. The normalized spacial score (nSPS) is 10.0. The molecular weight excluding hydrogens is 304 g/mol. The zero-order valence-corrected chi connectivity index (χ0v) is 13.7. The van der Waals surface area contributed by atoms with E-state index in [0.29, 0.717) is 25.9 Å². The molecule has 5 nitrogen and oxygen atoms in total. The molecule has 126 valence electrons. The molecule has 5 heteroatoms. The number of ether oxygens (including phenoxy) is 1. The molecule has 0 saturated carbocycles. The lowest BCUT2D eigenvalue weighted by molar-refractivity contribution is -0.139. The maximum absolute atomic E-state index is 11.8. The molecule has 2 N–H and O–H groups in total. The Morgan fingerprint density at radius 2 is 1.42 bits per heavy atom. The van der Waals surface area contributed by atoms with E-state index in [0.717, 1.165) is 16.9 Å². The Kier molecular flexibility index (Phi) is 6.83. The van der Waals surface area contributed by atoms with Crippen LogP contribution in [-0.4, -0.2) is 32.0 Å². The highest BCUT2D eigenvalue weighted by atomic mass is 16.5. The van der Waals surface area contributed by atoms with Gasteiger partial charge in [-0.3, -0.25) is 9.59 Å². The van der Waals surface area contributed by atoms with Crippen LogP contribution < -0.4 is 15.4 Å². The Morgan fingerprint density at radius 1 is 0.833 bits per heavy atom. The van der Waals surface area contributed by atoms with Crippen molar-refractivity contribution < 1.29 is 14.3 Å². The van der Waals surface area contributed by atoms with Gasteiger partial charge in [0.2, 0.25) is 0 Å². The Hall–Kier alpha value is -2.82. The van der Waals surface area contributed by atoms with Crippen LogP contribution in [0.2, 0.25) is 0 Å². The third-order valence-corrected chi connectivity index (χ3v) is 3.62. The fourth-order valence-corrected chi connectivity index (χ4v) is 2.35. The van der Waals surface area contributed by atoms with E-state index in [-0.39, 0.29) is 0 Å². The molecule has 0 aromatic heterocycles. The Bertz CT molecular complexity index is 671. The molecule has 2 aromatic carbocycles. The minimum absolute atomic E-state index is 0.380. The first-order valence-corrected chi connectivity index (χ1v) is 7.92. The van der Waals surface area contributed by atoms with Crippen molar-refractivity contribution >= 4 is 11.8 Å². The van der Waals surface area contributed by atoms with Crippen LogP contribution in [0.3, 0.4) is 0 Å². The second kappa shape index (κ2) is 9.35. The molecule has 0 unspecified atom stereocenters. The zero-order chi connectivity index (χ0) is 17.2. The summed E-state index contributed by atoms with van der Waals surface area (Å²) in [5.41, 5.74) is 2.11. The summed E-state index contributed by atoms with van der Waals surface area (Å²) < 4.78 is 5.25. The Labute approximate surface area is 142 Å². The summed E-state index contributed by atoms with van der Waals surface area (Å²) in [6, 6.07) is 17.4. The molecular formula is C19H22N2O3. The van der Waals surface area contributed by atoms with Crippen LogP contribution in [0.5, 0.6) is 5.75 Å². The Balaban J connectivity index is 1.69. The highest BCUT2D eigenvalue weighted by molar-refractivity contribution is 6.35. The highest BCUT2D eigenvalue weighted by Crippen LogP contribution is 2.17. The van der Waals surface area contributed by atoms with Crippen LogP contribution in [-0.2, 0) is 22.4 Å². The molecule has 0 fully saturated rings. The average molecular weight is 326 g/mol. The van der Waals surface area contributed by atoms with Crippen LogP contribution in [0.4, 0.5) is 0 Å². The molecule has 2 aromatic rings. The average Bonchev–Trinajstić information content (AvgIpc) is 2.62. The van der Waals surface area contributed by atoms with E-state index in [1.54, 1.807) is 7.11 Å². The van der Waals surface area contributed by atoms with E-state index in [2.05, 4.69) is 10.6 Å². The number of amides is 2. The van der Waals surface area contributed by atoms with Crippen molar-refractivity contribution in [2.75, 3.05) is 20.2 Å². The second-order valence-corrected chi connectivity index (χ2v) is 5.31. The van der Waals surface area contributed by atoms with E-state index in [1.165, 1.54) is 0 Å². The first-order valence-electron chi connectivity index (χ1n) is 7.92. The summed E-state index contributed by atoms with van der Waals surface area (Å²) in [5.74, 6) is -0.442. The van der Waals surface area contributed by atoms with Gasteiger partial charge in [-0.1, -0.05) is 48.5 Å². The number of methoxy groups -OCH3 is 1. The van der Waals surface area contributed by atoms with Gasteiger partial charge in [0.15, 0.2) is 0 Å². The van der Waals surface area contributed by atoms with Gasteiger partial charge in [-0.15, -0.1) is 0 Å². The molecule has 0 aliphatic heterocycles. The van der Waals surface area contributed by atoms with Crippen LogP contribution in [0.15, 0.2) is 54.6 Å². The number of hydrogen-bond donors (Lipinski definition) is 2. The minimum atomic E-state index is -0.613. The topological polar surface area (TPSA) is 67.4 Å². The molecule has 0 aliphatic rings. The standard InChI is InChI=1S/C19H22N2O3/c1-24-17-10-6-5-9-16(17)12-14-21-19(23)18(22)20-13-11-15-7-3-2-4-8-15/h2-10H,11-14H2,1H3,(H,20,22)(H,21,23). The number of nitrogens with one attached hydrogen (secondary N) is 2. The fraction of sp³-hybridized carbons (Fsp3) is 0.263. The van der Waals surface area contributed by atoms with Gasteiger partial charge < -0.3 is 15.4 Å². The van der Waals surface area contributed by atoms with Gasteiger partial charge in [0.25, 0.3) is 0 Å². The zero-order valence-electron chi connectivity index (χ0n) is 13.7. The number of carbonyl (C=O) groups is 2. The second-order valence-electron chi connectivity index (χ2n) is 5.31. The SMILES string of the molecule is COc1ccccc1CCNC(=O)C(=O)NCCc1ccccc1. The monoisotopic (exact) mass is 326 g/mol. The lowest BCUT2D eigenvalue weighted by Crippen LogP contribution is -2.41. The third kappa shape index (κ3) is 5.43. The van der Waals surface area contributed by atoms with Gasteiger partial charge in [0.05, 0.1) is 7.11 Å². The molecule has 0 spiro atoms. The summed E-state index contributed by atoms with van der Waals surface area (Å²) in [4.78, 5) is 23.5. The maximum atomic E-state index is 11.8. The molecule has 24 heavy (non-hydrogen) atoms. The van der Waals surface area contributed by atoms with Crippen molar-refractivity contribution in [3.63, 3.8) is 0 Å². The van der Waals surface area contributed by atoms with E-state index in [4.69, 9.17) is 4.74 Å². The molecule has 0 bridgehead atoms. The summed E-state index contributed by atoms with van der Waals surface area (Å²) in [5, 5.41) is 5.25. The van der Waals surface area contributed by atoms with Crippen LogP contribution in [0, 0.1) is 0 Å². The number of benzene rings is 2.